The molecule has 0 unspecified atom stereocenters. The van der Waals surface area contributed by atoms with E-state index in [2.05, 4.69) is 72.8 Å². The SMILES string of the molecule is Cc1ccc(B2OB(c3ccc(C)cc3)OB(c3ccc(I)cc3)O2)cc1. The molecule has 1 aliphatic rings. The van der Waals surface area contributed by atoms with E-state index in [1.807, 2.05) is 36.4 Å². The van der Waals surface area contributed by atoms with E-state index >= 15 is 0 Å². The molecule has 3 nitrogen and oxygen atoms in total. The summed E-state index contributed by atoms with van der Waals surface area (Å²) in [4.78, 5) is 0. The van der Waals surface area contributed by atoms with Crippen LogP contribution < -0.4 is 16.4 Å². The van der Waals surface area contributed by atoms with E-state index in [1.165, 1.54) is 14.7 Å². The first-order valence-corrected chi connectivity index (χ1v) is 10.0. The Morgan fingerprint density at radius 2 is 0.815 bits per heavy atom. The Balaban J connectivity index is 1.66. The third-order valence-corrected chi connectivity index (χ3v) is 5.30. The van der Waals surface area contributed by atoms with Gasteiger partial charge in [-0.15, -0.1) is 0 Å². The third-order valence-electron chi connectivity index (χ3n) is 4.58. The smallest absolute Gasteiger partial charge is 0.445 e. The lowest BCUT2D eigenvalue weighted by atomic mass is 9.61. The molecule has 0 saturated carbocycles. The summed E-state index contributed by atoms with van der Waals surface area (Å²) in [5.74, 6) is 0. The summed E-state index contributed by atoms with van der Waals surface area (Å²) >= 11 is 2.29. The van der Waals surface area contributed by atoms with Crippen LogP contribution in [-0.4, -0.2) is 21.4 Å². The highest BCUT2D eigenvalue weighted by Gasteiger charge is 2.43. The van der Waals surface area contributed by atoms with E-state index < -0.39 is 21.4 Å². The Morgan fingerprint density at radius 3 is 1.15 bits per heavy atom. The molecule has 3 aromatic carbocycles. The highest BCUT2D eigenvalue weighted by atomic mass is 127. The maximum Gasteiger partial charge on any atom is 0.467 e. The molecule has 0 radical (unpaired) electrons. The van der Waals surface area contributed by atoms with E-state index in [0.717, 1.165) is 16.4 Å². The molecule has 1 heterocycles. The van der Waals surface area contributed by atoms with Crippen molar-refractivity contribution < 1.29 is 13.7 Å². The zero-order chi connectivity index (χ0) is 18.8. The average molecular weight is 466 g/mol. The Labute approximate surface area is 175 Å². The summed E-state index contributed by atoms with van der Waals surface area (Å²) in [5.41, 5.74) is 5.35. The lowest BCUT2D eigenvalue weighted by Gasteiger charge is -2.31. The molecule has 0 N–H and O–H groups in total. The van der Waals surface area contributed by atoms with Crippen LogP contribution >= 0.6 is 22.6 Å². The topological polar surface area (TPSA) is 27.7 Å². The first kappa shape index (κ1) is 18.8. The predicted octanol–water partition coefficient (Wildman–Crippen LogP) is 2.46. The molecule has 0 bridgehead atoms. The Morgan fingerprint density at radius 1 is 0.519 bits per heavy atom. The van der Waals surface area contributed by atoms with Gasteiger partial charge in [0.25, 0.3) is 0 Å². The van der Waals surface area contributed by atoms with Crippen LogP contribution in [0.4, 0.5) is 0 Å². The van der Waals surface area contributed by atoms with E-state index in [1.54, 1.807) is 0 Å². The normalized spacial score (nSPS) is 14.6. The quantitative estimate of drug-likeness (QED) is 0.439. The van der Waals surface area contributed by atoms with Gasteiger partial charge in [-0.2, -0.15) is 0 Å². The highest BCUT2D eigenvalue weighted by Crippen LogP contribution is 2.12. The first-order chi connectivity index (χ1) is 13.1. The van der Waals surface area contributed by atoms with Crippen LogP contribution in [0.1, 0.15) is 11.1 Å². The number of halogens is 1. The third kappa shape index (κ3) is 4.49. The summed E-state index contributed by atoms with van der Waals surface area (Å²) in [6.45, 7) is 4.14. The fourth-order valence-electron chi connectivity index (χ4n) is 2.97. The fraction of sp³-hybridized carbons (Fsp3) is 0.100. The molecule has 4 rings (SSSR count). The summed E-state index contributed by atoms with van der Waals surface area (Å²) in [7, 11) is -1.47. The minimum Gasteiger partial charge on any atom is -0.445 e. The molecule has 1 fully saturated rings. The zero-order valence-corrected chi connectivity index (χ0v) is 17.4. The van der Waals surface area contributed by atoms with Crippen molar-refractivity contribution in [3.05, 3.63) is 87.5 Å². The van der Waals surface area contributed by atoms with Crippen LogP contribution in [0.15, 0.2) is 72.8 Å². The largest absolute Gasteiger partial charge is 0.467 e. The molecule has 7 heteroatoms. The maximum atomic E-state index is 6.17. The minimum absolute atomic E-state index is 0.491. The highest BCUT2D eigenvalue weighted by molar-refractivity contribution is 14.1. The van der Waals surface area contributed by atoms with Crippen LogP contribution in [0, 0.1) is 17.4 Å². The monoisotopic (exact) mass is 466 g/mol. The van der Waals surface area contributed by atoms with Crippen LogP contribution in [0.25, 0.3) is 0 Å². The van der Waals surface area contributed by atoms with E-state index in [-0.39, 0.29) is 0 Å². The number of hydrogen-bond acceptors (Lipinski definition) is 3. The predicted molar refractivity (Wildman–Crippen MR) is 121 cm³/mol. The molecule has 1 saturated heterocycles. The van der Waals surface area contributed by atoms with Gasteiger partial charge >= 0.3 is 21.4 Å². The van der Waals surface area contributed by atoms with Crippen molar-refractivity contribution in [1.29, 1.82) is 0 Å². The van der Waals surface area contributed by atoms with Gasteiger partial charge in [-0.05, 0) is 65.0 Å². The second kappa shape index (κ2) is 8.23. The van der Waals surface area contributed by atoms with Crippen molar-refractivity contribution in [2.45, 2.75) is 13.8 Å². The first-order valence-electron chi connectivity index (χ1n) is 8.93. The molecule has 0 amide bonds. The molecule has 27 heavy (non-hydrogen) atoms. The van der Waals surface area contributed by atoms with Crippen molar-refractivity contribution in [2.24, 2.45) is 0 Å². The number of hydrogen-bond donors (Lipinski definition) is 0. The van der Waals surface area contributed by atoms with Crippen molar-refractivity contribution in [3.8, 4) is 0 Å². The van der Waals surface area contributed by atoms with Crippen LogP contribution in [0.5, 0.6) is 0 Å². The van der Waals surface area contributed by atoms with E-state index in [9.17, 15) is 0 Å². The zero-order valence-electron chi connectivity index (χ0n) is 15.3. The average Bonchev–Trinajstić information content (AvgIpc) is 2.69. The molecule has 1 aliphatic heterocycles. The van der Waals surface area contributed by atoms with E-state index in [0.29, 0.717) is 0 Å². The number of aryl methyl sites for hydroxylation is 2. The van der Waals surface area contributed by atoms with E-state index in [4.69, 9.17) is 13.7 Å². The molecular formula is C20H18B3IO3. The van der Waals surface area contributed by atoms with Gasteiger partial charge in [0.2, 0.25) is 0 Å². The van der Waals surface area contributed by atoms with Crippen LogP contribution in [0.2, 0.25) is 0 Å². The molecule has 0 aliphatic carbocycles. The van der Waals surface area contributed by atoms with Crippen molar-refractivity contribution in [2.75, 3.05) is 0 Å². The summed E-state index contributed by atoms with van der Waals surface area (Å²) in [5, 5.41) is 0. The van der Waals surface area contributed by atoms with Crippen molar-refractivity contribution in [1.82, 2.24) is 0 Å². The van der Waals surface area contributed by atoms with Crippen LogP contribution in [-0.2, 0) is 13.7 Å². The maximum absolute atomic E-state index is 6.17. The van der Waals surface area contributed by atoms with Gasteiger partial charge < -0.3 is 13.7 Å². The van der Waals surface area contributed by atoms with Gasteiger partial charge in [0.15, 0.2) is 0 Å². The molecule has 0 spiro atoms. The van der Waals surface area contributed by atoms with Gasteiger partial charge in [-0.25, -0.2) is 0 Å². The molecular weight excluding hydrogens is 448 g/mol. The standard InChI is InChI=1S/C20H18B3IO3/c1-15-3-7-17(8-4-15)21-25-22(18-9-5-16(2)6-10-18)27-23(26-21)19-11-13-20(24)14-12-19/h3-14H,1-2H3. The molecule has 132 valence electrons. The number of benzene rings is 3. The molecule has 3 aromatic rings. The summed E-state index contributed by atoms with van der Waals surface area (Å²) in [6, 6.07) is 24.6. The Hall–Kier alpha value is -1.54. The summed E-state index contributed by atoms with van der Waals surface area (Å²) in [6.07, 6.45) is 0. The molecule has 0 atom stereocenters. The van der Waals surface area contributed by atoms with Gasteiger partial charge in [0, 0.05) is 3.57 Å². The Kier molecular flexibility index (Phi) is 5.73. The second-order valence-electron chi connectivity index (χ2n) is 6.78. The van der Waals surface area contributed by atoms with Gasteiger partial charge in [-0.3, -0.25) is 0 Å². The second-order valence-corrected chi connectivity index (χ2v) is 8.02. The van der Waals surface area contributed by atoms with Crippen molar-refractivity contribution >= 4 is 60.3 Å². The Bertz CT molecular complexity index is 773. The fourth-order valence-corrected chi connectivity index (χ4v) is 3.33. The van der Waals surface area contributed by atoms with Crippen molar-refractivity contribution in [3.63, 3.8) is 0 Å². The van der Waals surface area contributed by atoms with Gasteiger partial charge in [-0.1, -0.05) is 71.8 Å². The summed E-state index contributed by atoms with van der Waals surface area (Å²) < 4.78 is 19.7. The van der Waals surface area contributed by atoms with Crippen LogP contribution in [0.3, 0.4) is 0 Å². The molecule has 0 aromatic heterocycles. The van der Waals surface area contributed by atoms with Gasteiger partial charge in [0.1, 0.15) is 0 Å². The minimum atomic E-state index is -0.492. The lowest BCUT2D eigenvalue weighted by molar-refractivity contribution is 0.308. The van der Waals surface area contributed by atoms with Gasteiger partial charge in [0.05, 0.1) is 0 Å². The number of rotatable bonds is 3. The lowest BCUT2D eigenvalue weighted by Crippen LogP contribution is -2.61.